The van der Waals surface area contributed by atoms with Crippen LogP contribution in [0.2, 0.25) is 0 Å². The number of nitrogens with one attached hydrogen (secondary N) is 1. The number of hydrogen-bond donors (Lipinski definition) is 2. The third-order valence-corrected chi connectivity index (χ3v) is 3.45. The molecule has 1 amide bonds. The fourth-order valence-corrected chi connectivity index (χ4v) is 2.28. The van der Waals surface area contributed by atoms with Gasteiger partial charge in [0.05, 0.1) is 11.4 Å². The van der Waals surface area contributed by atoms with Gasteiger partial charge in [-0.3, -0.25) is 4.79 Å². The van der Waals surface area contributed by atoms with Gasteiger partial charge in [-0.2, -0.15) is 0 Å². The predicted octanol–water partition coefficient (Wildman–Crippen LogP) is 2.60. The van der Waals surface area contributed by atoms with Crippen LogP contribution >= 0.6 is 0 Å². The van der Waals surface area contributed by atoms with Crippen molar-refractivity contribution in [3.63, 3.8) is 0 Å². The smallest absolute Gasteiger partial charge is 0.225 e. The Hall–Kier alpha value is -2.66. The van der Waals surface area contributed by atoms with Crippen LogP contribution in [0, 0.1) is 6.92 Å². The lowest BCUT2D eigenvalue weighted by Crippen LogP contribution is -2.16. The number of rotatable bonds is 4. The maximum Gasteiger partial charge on any atom is 0.225 e. The van der Waals surface area contributed by atoms with Gasteiger partial charge in [0.2, 0.25) is 5.91 Å². The molecule has 0 bridgehead atoms. The van der Waals surface area contributed by atoms with Crippen LogP contribution in [-0.2, 0) is 4.79 Å². The molecule has 5 nitrogen and oxygen atoms in total. The minimum Gasteiger partial charge on any atom is -0.330 e. The van der Waals surface area contributed by atoms with E-state index < -0.39 is 0 Å². The molecule has 0 spiro atoms. The van der Waals surface area contributed by atoms with Crippen LogP contribution in [0.1, 0.15) is 12.0 Å². The Labute approximate surface area is 128 Å². The normalized spacial score (nSPS) is 10.8. The number of anilines is 1. The molecule has 0 saturated carbocycles. The van der Waals surface area contributed by atoms with Crippen molar-refractivity contribution in [2.45, 2.75) is 13.3 Å². The Bertz CT molecular complexity index is 805. The predicted molar refractivity (Wildman–Crippen MR) is 87.7 cm³/mol. The lowest BCUT2D eigenvalue weighted by Gasteiger charge is -2.04. The lowest BCUT2D eigenvalue weighted by molar-refractivity contribution is -0.116. The highest BCUT2D eigenvalue weighted by Crippen LogP contribution is 2.21. The van der Waals surface area contributed by atoms with Crippen molar-refractivity contribution >= 4 is 17.2 Å². The van der Waals surface area contributed by atoms with Crippen LogP contribution in [0.3, 0.4) is 0 Å². The first-order valence-corrected chi connectivity index (χ1v) is 7.21. The number of amides is 1. The molecule has 0 aliphatic carbocycles. The summed E-state index contributed by atoms with van der Waals surface area (Å²) in [5, 5.41) is 2.82. The quantitative estimate of drug-likeness (QED) is 0.777. The molecule has 1 aromatic carbocycles. The van der Waals surface area contributed by atoms with Crippen molar-refractivity contribution in [1.29, 1.82) is 0 Å². The van der Waals surface area contributed by atoms with Gasteiger partial charge >= 0.3 is 0 Å². The highest BCUT2D eigenvalue weighted by Gasteiger charge is 2.06. The van der Waals surface area contributed by atoms with E-state index in [-0.39, 0.29) is 5.91 Å². The summed E-state index contributed by atoms with van der Waals surface area (Å²) in [6, 6.07) is 12.0. The number of nitrogens with zero attached hydrogens (tertiary/aromatic N) is 2. The molecule has 2 aromatic heterocycles. The molecule has 0 atom stereocenters. The fourth-order valence-electron chi connectivity index (χ4n) is 2.28. The van der Waals surface area contributed by atoms with Gasteiger partial charge in [0, 0.05) is 30.9 Å². The van der Waals surface area contributed by atoms with Gasteiger partial charge < -0.3 is 15.5 Å². The van der Waals surface area contributed by atoms with Gasteiger partial charge in [-0.15, -0.1) is 0 Å². The molecular weight excluding hydrogens is 276 g/mol. The average molecular weight is 294 g/mol. The Morgan fingerprint density at radius 1 is 1.18 bits per heavy atom. The summed E-state index contributed by atoms with van der Waals surface area (Å²) in [6.07, 6.45) is 4.13. The third kappa shape index (κ3) is 2.99. The molecule has 0 aliphatic rings. The summed E-state index contributed by atoms with van der Waals surface area (Å²) >= 11 is 0. The molecule has 22 heavy (non-hydrogen) atoms. The van der Waals surface area contributed by atoms with Crippen molar-refractivity contribution in [3.8, 4) is 11.3 Å². The van der Waals surface area contributed by atoms with Gasteiger partial charge in [-0.1, -0.05) is 29.8 Å². The summed E-state index contributed by atoms with van der Waals surface area (Å²) in [5.41, 5.74) is 10.2. The molecule has 0 saturated heterocycles. The molecule has 3 N–H and O–H groups in total. The number of imidazole rings is 1. The molecule has 3 aromatic rings. The highest BCUT2D eigenvalue weighted by molar-refractivity contribution is 5.90. The maximum atomic E-state index is 11.6. The number of carbonyl (C=O) groups excluding carboxylic acids is 1. The lowest BCUT2D eigenvalue weighted by atomic mass is 10.1. The Kier molecular flexibility index (Phi) is 3.89. The summed E-state index contributed by atoms with van der Waals surface area (Å²) in [4.78, 5) is 16.2. The van der Waals surface area contributed by atoms with E-state index in [1.165, 1.54) is 5.56 Å². The van der Waals surface area contributed by atoms with Crippen LogP contribution in [0.25, 0.3) is 16.9 Å². The van der Waals surface area contributed by atoms with Gasteiger partial charge in [0.25, 0.3) is 0 Å². The minimum absolute atomic E-state index is 0.0827. The number of fused-ring (bicyclic) bond motifs is 1. The van der Waals surface area contributed by atoms with E-state index in [4.69, 9.17) is 5.73 Å². The second-order valence-corrected chi connectivity index (χ2v) is 5.26. The Balaban J connectivity index is 1.90. The van der Waals surface area contributed by atoms with E-state index in [0.29, 0.717) is 13.0 Å². The molecule has 0 unspecified atom stereocenters. The Morgan fingerprint density at radius 3 is 2.68 bits per heavy atom. The van der Waals surface area contributed by atoms with E-state index in [9.17, 15) is 4.79 Å². The van der Waals surface area contributed by atoms with Crippen molar-refractivity contribution in [2.75, 3.05) is 11.9 Å². The van der Waals surface area contributed by atoms with Crippen LogP contribution in [0.4, 0.5) is 5.69 Å². The van der Waals surface area contributed by atoms with E-state index in [1.54, 1.807) is 0 Å². The third-order valence-electron chi connectivity index (χ3n) is 3.45. The Morgan fingerprint density at radius 2 is 1.95 bits per heavy atom. The first-order valence-electron chi connectivity index (χ1n) is 7.21. The molecule has 5 heteroatoms. The second-order valence-electron chi connectivity index (χ2n) is 5.26. The van der Waals surface area contributed by atoms with Gasteiger partial charge in [-0.25, -0.2) is 4.98 Å². The van der Waals surface area contributed by atoms with E-state index in [0.717, 1.165) is 22.6 Å². The number of aryl methyl sites for hydroxylation is 1. The fraction of sp³-hybridized carbons (Fsp3) is 0.176. The number of aromatic nitrogens is 2. The number of benzene rings is 1. The first-order chi connectivity index (χ1) is 10.7. The number of nitrogens with two attached hydrogens (primary N) is 1. The topological polar surface area (TPSA) is 72.4 Å². The zero-order valence-electron chi connectivity index (χ0n) is 12.4. The number of carbonyl (C=O) groups is 1. The molecule has 3 rings (SSSR count). The van der Waals surface area contributed by atoms with Gasteiger partial charge in [0.15, 0.2) is 0 Å². The molecular formula is C17H18N4O. The minimum atomic E-state index is -0.0827. The van der Waals surface area contributed by atoms with Crippen LogP contribution < -0.4 is 11.1 Å². The SMILES string of the molecule is Cc1ccc(-c2cn3cc(NC(=O)CCN)ccc3n2)cc1. The molecule has 0 aliphatic heterocycles. The van der Waals surface area contributed by atoms with Gasteiger partial charge in [0.1, 0.15) is 5.65 Å². The maximum absolute atomic E-state index is 11.6. The zero-order valence-corrected chi connectivity index (χ0v) is 12.4. The average Bonchev–Trinajstić information content (AvgIpc) is 2.91. The second kappa shape index (κ2) is 5.99. The molecule has 112 valence electrons. The first kappa shape index (κ1) is 14.3. The van der Waals surface area contributed by atoms with Crippen molar-refractivity contribution in [1.82, 2.24) is 9.38 Å². The van der Waals surface area contributed by atoms with Crippen LogP contribution in [0.15, 0.2) is 48.8 Å². The highest BCUT2D eigenvalue weighted by atomic mass is 16.1. The zero-order chi connectivity index (χ0) is 15.5. The molecule has 2 heterocycles. The van der Waals surface area contributed by atoms with Crippen molar-refractivity contribution in [2.24, 2.45) is 5.73 Å². The monoisotopic (exact) mass is 294 g/mol. The molecule has 0 radical (unpaired) electrons. The van der Waals surface area contributed by atoms with Gasteiger partial charge in [-0.05, 0) is 19.1 Å². The van der Waals surface area contributed by atoms with Crippen molar-refractivity contribution < 1.29 is 4.79 Å². The van der Waals surface area contributed by atoms with Crippen LogP contribution in [-0.4, -0.2) is 21.8 Å². The number of hydrogen-bond acceptors (Lipinski definition) is 3. The summed E-state index contributed by atoms with van der Waals surface area (Å²) in [7, 11) is 0. The van der Waals surface area contributed by atoms with Crippen LogP contribution in [0.5, 0.6) is 0 Å². The standard InChI is InChI=1S/C17H18N4O/c1-12-2-4-13(5-3-12)15-11-21-10-14(6-7-16(21)20-15)19-17(22)8-9-18/h2-7,10-11H,8-9,18H2,1H3,(H,19,22). The van der Waals surface area contributed by atoms with E-state index in [1.807, 2.05) is 28.9 Å². The number of pyridine rings is 1. The van der Waals surface area contributed by atoms with E-state index >= 15 is 0 Å². The van der Waals surface area contributed by atoms with Crippen molar-refractivity contribution in [3.05, 3.63) is 54.4 Å². The summed E-state index contributed by atoms with van der Waals surface area (Å²) in [5.74, 6) is -0.0827. The van der Waals surface area contributed by atoms with E-state index in [2.05, 4.69) is 41.5 Å². The largest absolute Gasteiger partial charge is 0.330 e. The summed E-state index contributed by atoms with van der Waals surface area (Å²) < 4.78 is 1.91. The summed E-state index contributed by atoms with van der Waals surface area (Å²) in [6.45, 7) is 2.40. The molecule has 0 fully saturated rings.